The fraction of sp³-hybridized carbons (Fsp3) is 0.417. The highest BCUT2D eigenvalue weighted by molar-refractivity contribution is 5.86. The van der Waals surface area contributed by atoms with Gasteiger partial charge in [-0.15, -0.1) is 0 Å². The summed E-state index contributed by atoms with van der Waals surface area (Å²) in [5.74, 6) is 0.107. The van der Waals surface area contributed by atoms with Crippen LogP contribution in [0.4, 0.5) is 4.39 Å². The summed E-state index contributed by atoms with van der Waals surface area (Å²) < 4.78 is 14.1. The van der Waals surface area contributed by atoms with E-state index in [1.807, 2.05) is 35.2 Å². The van der Waals surface area contributed by atoms with Gasteiger partial charge in [0.1, 0.15) is 5.82 Å². The van der Waals surface area contributed by atoms with E-state index in [9.17, 15) is 14.0 Å². The van der Waals surface area contributed by atoms with Crippen molar-refractivity contribution in [2.75, 3.05) is 20.1 Å². The molecule has 2 aromatic carbocycles. The molecule has 2 amide bonds. The highest BCUT2D eigenvalue weighted by Crippen LogP contribution is 2.38. The highest BCUT2D eigenvalue weighted by Gasteiger charge is 2.45. The fourth-order valence-electron chi connectivity index (χ4n) is 4.47. The molecule has 4 nitrogen and oxygen atoms in total. The van der Waals surface area contributed by atoms with Crippen molar-refractivity contribution < 1.29 is 14.0 Å². The normalized spacial score (nSPS) is 21.7. The highest BCUT2D eigenvalue weighted by atomic mass is 19.1. The Morgan fingerprint density at radius 3 is 2.52 bits per heavy atom. The molecule has 1 aliphatic heterocycles. The Labute approximate surface area is 171 Å². The third-order valence-electron chi connectivity index (χ3n) is 6.21. The molecule has 1 unspecified atom stereocenters. The number of piperidine rings is 1. The third kappa shape index (κ3) is 4.04. The van der Waals surface area contributed by atoms with E-state index in [4.69, 9.17) is 0 Å². The van der Waals surface area contributed by atoms with Crippen molar-refractivity contribution in [3.63, 3.8) is 0 Å². The number of carbonyl (C=O) groups is 2. The molecule has 152 valence electrons. The summed E-state index contributed by atoms with van der Waals surface area (Å²) in [5, 5.41) is 2.82. The van der Waals surface area contributed by atoms with Gasteiger partial charge in [0.2, 0.25) is 11.8 Å². The number of rotatable bonds is 5. The summed E-state index contributed by atoms with van der Waals surface area (Å²) >= 11 is 0. The first-order valence-electron chi connectivity index (χ1n) is 10.4. The Morgan fingerprint density at radius 2 is 1.86 bits per heavy atom. The summed E-state index contributed by atoms with van der Waals surface area (Å²) in [6, 6.07) is 14.5. The average Bonchev–Trinajstić information content (AvgIpc) is 3.59. The van der Waals surface area contributed by atoms with Crippen molar-refractivity contribution in [1.82, 2.24) is 10.2 Å². The molecular weight excluding hydrogens is 367 g/mol. The topological polar surface area (TPSA) is 49.4 Å². The first-order chi connectivity index (χ1) is 14.0. The molecule has 0 spiro atoms. The molecule has 1 saturated heterocycles. The van der Waals surface area contributed by atoms with Crippen LogP contribution in [0.1, 0.15) is 31.2 Å². The van der Waals surface area contributed by atoms with Gasteiger partial charge in [-0.1, -0.05) is 42.5 Å². The van der Waals surface area contributed by atoms with E-state index < -0.39 is 5.41 Å². The molecule has 1 aliphatic carbocycles. The first kappa shape index (κ1) is 19.6. The summed E-state index contributed by atoms with van der Waals surface area (Å²) in [4.78, 5) is 27.4. The standard InChI is InChI=1S/C24H27FN2O2/c1-26-23(29)24(13-4-14-27(16-24)22(28)19-11-12-19)15-17-7-9-18(10-8-17)20-5-2-3-6-21(20)25/h2-3,5-10,19H,4,11-16H2,1H3,(H,26,29). The first-order valence-corrected chi connectivity index (χ1v) is 10.4. The zero-order valence-electron chi connectivity index (χ0n) is 16.8. The van der Waals surface area contributed by atoms with E-state index in [1.165, 1.54) is 6.07 Å². The minimum Gasteiger partial charge on any atom is -0.359 e. The monoisotopic (exact) mass is 394 g/mol. The molecule has 0 bridgehead atoms. The van der Waals surface area contributed by atoms with Gasteiger partial charge in [-0.3, -0.25) is 9.59 Å². The van der Waals surface area contributed by atoms with Gasteiger partial charge in [0.15, 0.2) is 0 Å². The number of carbonyl (C=O) groups excluding carboxylic acids is 2. The van der Waals surface area contributed by atoms with Crippen LogP contribution >= 0.6 is 0 Å². The van der Waals surface area contributed by atoms with Gasteiger partial charge in [0.25, 0.3) is 0 Å². The average molecular weight is 394 g/mol. The summed E-state index contributed by atoms with van der Waals surface area (Å²) in [7, 11) is 1.66. The quantitative estimate of drug-likeness (QED) is 0.839. The largest absolute Gasteiger partial charge is 0.359 e. The molecule has 4 rings (SSSR count). The van der Waals surface area contributed by atoms with Crippen molar-refractivity contribution in [2.45, 2.75) is 32.1 Å². The smallest absolute Gasteiger partial charge is 0.228 e. The van der Waals surface area contributed by atoms with E-state index in [-0.39, 0.29) is 23.5 Å². The second-order valence-corrected chi connectivity index (χ2v) is 8.35. The van der Waals surface area contributed by atoms with E-state index in [0.29, 0.717) is 18.5 Å². The van der Waals surface area contributed by atoms with Crippen LogP contribution in [0.25, 0.3) is 11.1 Å². The zero-order chi connectivity index (χ0) is 20.4. The Kier molecular flexibility index (Phi) is 5.39. The van der Waals surface area contributed by atoms with Crippen molar-refractivity contribution in [2.24, 2.45) is 11.3 Å². The van der Waals surface area contributed by atoms with Gasteiger partial charge in [0.05, 0.1) is 5.41 Å². The predicted molar refractivity (Wildman–Crippen MR) is 111 cm³/mol. The molecule has 2 aromatic rings. The summed E-state index contributed by atoms with van der Waals surface area (Å²) in [6.45, 7) is 1.21. The molecule has 1 heterocycles. The molecule has 0 radical (unpaired) electrons. The van der Waals surface area contributed by atoms with Gasteiger partial charge in [0, 0.05) is 31.6 Å². The van der Waals surface area contributed by atoms with Crippen LogP contribution in [0.5, 0.6) is 0 Å². The SMILES string of the molecule is CNC(=O)C1(Cc2ccc(-c3ccccc3F)cc2)CCCN(C(=O)C2CC2)C1. The maximum absolute atomic E-state index is 14.1. The Bertz CT molecular complexity index is 907. The number of benzene rings is 2. The zero-order valence-corrected chi connectivity index (χ0v) is 16.8. The summed E-state index contributed by atoms with van der Waals surface area (Å²) in [6.07, 6.45) is 4.10. The minimum atomic E-state index is -0.614. The second-order valence-electron chi connectivity index (χ2n) is 8.35. The molecule has 1 N–H and O–H groups in total. The van der Waals surface area contributed by atoms with Crippen molar-refractivity contribution in [3.05, 3.63) is 59.9 Å². The molecular formula is C24H27FN2O2. The van der Waals surface area contributed by atoms with Crippen LogP contribution in [0.2, 0.25) is 0 Å². The van der Waals surface area contributed by atoms with E-state index in [0.717, 1.165) is 43.4 Å². The van der Waals surface area contributed by atoms with Gasteiger partial charge in [-0.2, -0.15) is 0 Å². The van der Waals surface area contributed by atoms with Gasteiger partial charge in [-0.05, 0) is 49.3 Å². The molecule has 5 heteroatoms. The molecule has 29 heavy (non-hydrogen) atoms. The number of amides is 2. The van der Waals surface area contributed by atoms with Crippen LogP contribution in [-0.2, 0) is 16.0 Å². The molecule has 1 atom stereocenters. The molecule has 1 saturated carbocycles. The number of hydrogen-bond donors (Lipinski definition) is 1. The van der Waals surface area contributed by atoms with Crippen molar-refractivity contribution >= 4 is 11.8 Å². The molecule has 2 fully saturated rings. The van der Waals surface area contributed by atoms with E-state index >= 15 is 0 Å². The number of nitrogens with zero attached hydrogens (tertiary/aromatic N) is 1. The van der Waals surface area contributed by atoms with Crippen LogP contribution in [0, 0.1) is 17.2 Å². The lowest BCUT2D eigenvalue weighted by molar-refractivity contribution is -0.142. The maximum Gasteiger partial charge on any atom is 0.228 e. The third-order valence-corrected chi connectivity index (χ3v) is 6.21. The lowest BCUT2D eigenvalue weighted by atomic mass is 9.74. The number of hydrogen-bond acceptors (Lipinski definition) is 2. The molecule has 2 aliphatic rings. The number of halogens is 1. The van der Waals surface area contributed by atoms with Crippen LogP contribution < -0.4 is 5.32 Å². The summed E-state index contributed by atoms with van der Waals surface area (Å²) in [5.41, 5.74) is 1.79. The Hall–Kier alpha value is -2.69. The van der Waals surface area contributed by atoms with Gasteiger partial charge in [-0.25, -0.2) is 4.39 Å². The minimum absolute atomic E-state index is 0.0102. The number of likely N-dealkylation sites (tertiary alicyclic amines) is 1. The van der Waals surface area contributed by atoms with Crippen LogP contribution in [-0.4, -0.2) is 36.9 Å². The van der Waals surface area contributed by atoms with Crippen molar-refractivity contribution in [1.29, 1.82) is 0 Å². The van der Waals surface area contributed by atoms with Crippen molar-refractivity contribution in [3.8, 4) is 11.1 Å². The van der Waals surface area contributed by atoms with Crippen LogP contribution in [0.15, 0.2) is 48.5 Å². The Balaban J connectivity index is 1.56. The van der Waals surface area contributed by atoms with Gasteiger partial charge < -0.3 is 10.2 Å². The predicted octanol–water partition coefficient (Wildman–Crippen LogP) is 3.80. The Morgan fingerprint density at radius 1 is 1.14 bits per heavy atom. The van der Waals surface area contributed by atoms with Gasteiger partial charge >= 0.3 is 0 Å². The van der Waals surface area contributed by atoms with E-state index in [1.54, 1.807) is 19.2 Å². The molecule has 0 aromatic heterocycles. The lowest BCUT2D eigenvalue weighted by Gasteiger charge is -2.41. The van der Waals surface area contributed by atoms with Crippen LogP contribution in [0.3, 0.4) is 0 Å². The van der Waals surface area contributed by atoms with E-state index in [2.05, 4.69) is 5.32 Å². The second kappa shape index (κ2) is 7.97. The maximum atomic E-state index is 14.1. The fourth-order valence-corrected chi connectivity index (χ4v) is 4.47. The lowest BCUT2D eigenvalue weighted by Crippen LogP contribution is -2.54. The number of nitrogens with one attached hydrogen (secondary N) is 1.